The number of aryl methyl sites for hydroxylation is 1. The Bertz CT molecular complexity index is 387. The molecule has 1 aromatic rings. The van der Waals surface area contributed by atoms with Gasteiger partial charge < -0.3 is 5.32 Å². The summed E-state index contributed by atoms with van der Waals surface area (Å²) in [5.74, 6) is 0. The zero-order valence-electron chi connectivity index (χ0n) is 11.5. The highest BCUT2D eigenvalue weighted by molar-refractivity contribution is 5.46. The highest BCUT2D eigenvalue weighted by Gasteiger charge is 2.46. The zero-order chi connectivity index (χ0) is 12.4. The Labute approximate surface area is 111 Å². The Morgan fingerprint density at radius 2 is 1.78 bits per heavy atom. The molecule has 3 rings (SSSR count). The lowest BCUT2D eigenvalue weighted by Gasteiger charge is -2.52. The molecule has 0 aliphatic heterocycles. The predicted molar refractivity (Wildman–Crippen MR) is 78.0 cm³/mol. The topological polar surface area (TPSA) is 12.0 Å². The van der Waals surface area contributed by atoms with E-state index in [1.165, 1.54) is 56.2 Å². The van der Waals surface area contributed by atoms with Crippen molar-refractivity contribution in [2.75, 3.05) is 5.32 Å². The molecule has 1 atom stereocenters. The molecule has 1 unspecified atom stereocenters. The second-order valence-electron chi connectivity index (χ2n) is 6.21. The fraction of sp³-hybridized carbons (Fsp3) is 0.647. The van der Waals surface area contributed by atoms with E-state index in [2.05, 4.69) is 36.5 Å². The van der Waals surface area contributed by atoms with Crippen LogP contribution in [0, 0.1) is 5.41 Å². The summed E-state index contributed by atoms with van der Waals surface area (Å²) in [6.07, 6.45) is 11.2. The Kier molecular flexibility index (Phi) is 3.32. The highest BCUT2D eigenvalue weighted by Crippen LogP contribution is 2.52. The summed E-state index contributed by atoms with van der Waals surface area (Å²) in [6.45, 7) is 2.21. The van der Waals surface area contributed by atoms with Crippen molar-refractivity contribution < 1.29 is 0 Å². The van der Waals surface area contributed by atoms with Gasteiger partial charge in [0.05, 0.1) is 0 Å². The van der Waals surface area contributed by atoms with Crippen LogP contribution in [-0.4, -0.2) is 6.04 Å². The molecule has 1 N–H and O–H groups in total. The number of benzene rings is 1. The van der Waals surface area contributed by atoms with Gasteiger partial charge in [0.25, 0.3) is 0 Å². The number of hydrogen-bond donors (Lipinski definition) is 1. The quantitative estimate of drug-likeness (QED) is 0.806. The van der Waals surface area contributed by atoms with E-state index in [0.717, 1.165) is 12.5 Å². The van der Waals surface area contributed by atoms with Crippen LogP contribution in [0.5, 0.6) is 0 Å². The van der Waals surface area contributed by atoms with Crippen molar-refractivity contribution in [3.8, 4) is 0 Å². The van der Waals surface area contributed by atoms with Crippen LogP contribution in [0.15, 0.2) is 24.3 Å². The van der Waals surface area contributed by atoms with Gasteiger partial charge >= 0.3 is 0 Å². The first-order valence-corrected chi connectivity index (χ1v) is 7.68. The molecule has 98 valence electrons. The van der Waals surface area contributed by atoms with E-state index in [9.17, 15) is 0 Å². The Morgan fingerprint density at radius 1 is 1.06 bits per heavy atom. The lowest BCUT2D eigenvalue weighted by molar-refractivity contribution is 0.0571. The fourth-order valence-electron chi connectivity index (χ4n) is 3.81. The van der Waals surface area contributed by atoms with Gasteiger partial charge in [-0.3, -0.25) is 0 Å². The van der Waals surface area contributed by atoms with Crippen molar-refractivity contribution in [3.05, 3.63) is 29.8 Å². The third kappa shape index (κ3) is 2.15. The number of nitrogens with one attached hydrogen (secondary N) is 1. The largest absolute Gasteiger partial charge is 0.382 e. The summed E-state index contributed by atoms with van der Waals surface area (Å²) >= 11 is 0. The lowest BCUT2D eigenvalue weighted by Crippen LogP contribution is -2.50. The average Bonchev–Trinajstić information content (AvgIpc) is 2.45. The van der Waals surface area contributed by atoms with Gasteiger partial charge in [0.15, 0.2) is 0 Å². The molecule has 2 fully saturated rings. The van der Waals surface area contributed by atoms with Gasteiger partial charge in [0, 0.05) is 11.7 Å². The minimum Gasteiger partial charge on any atom is -0.382 e. The SMILES string of the molecule is CCc1ccc(NC2CCC23CCCCC3)cc1. The Hall–Kier alpha value is -0.980. The van der Waals surface area contributed by atoms with Crippen molar-refractivity contribution in [1.82, 2.24) is 0 Å². The molecule has 1 heteroatoms. The molecule has 0 aromatic heterocycles. The third-order valence-corrected chi connectivity index (χ3v) is 5.22. The summed E-state index contributed by atoms with van der Waals surface area (Å²) in [5, 5.41) is 3.79. The standard InChI is InChI=1S/C17H25N/c1-2-14-6-8-15(9-7-14)18-16-10-13-17(16)11-4-3-5-12-17/h6-9,16,18H,2-5,10-13H2,1H3. The predicted octanol–water partition coefficient (Wildman–Crippen LogP) is 4.77. The summed E-state index contributed by atoms with van der Waals surface area (Å²) in [7, 11) is 0. The van der Waals surface area contributed by atoms with Gasteiger partial charge in [0.2, 0.25) is 0 Å². The van der Waals surface area contributed by atoms with E-state index in [-0.39, 0.29) is 0 Å². The molecule has 0 bridgehead atoms. The molecule has 2 aliphatic carbocycles. The van der Waals surface area contributed by atoms with Crippen LogP contribution in [0.1, 0.15) is 57.4 Å². The van der Waals surface area contributed by atoms with Crippen molar-refractivity contribution in [1.29, 1.82) is 0 Å². The van der Waals surface area contributed by atoms with Crippen molar-refractivity contribution in [2.45, 2.75) is 64.3 Å². The second-order valence-corrected chi connectivity index (χ2v) is 6.21. The molecular weight excluding hydrogens is 218 g/mol. The van der Waals surface area contributed by atoms with Crippen LogP contribution in [0.25, 0.3) is 0 Å². The second kappa shape index (κ2) is 4.95. The van der Waals surface area contributed by atoms with Gasteiger partial charge in [-0.1, -0.05) is 38.3 Å². The monoisotopic (exact) mass is 243 g/mol. The van der Waals surface area contributed by atoms with E-state index in [1.807, 2.05) is 0 Å². The molecule has 1 aromatic carbocycles. The number of hydrogen-bond acceptors (Lipinski definition) is 1. The zero-order valence-corrected chi connectivity index (χ0v) is 11.5. The molecular formula is C17H25N. The smallest absolute Gasteiger partial charge is 0.0342 e. The number of anilines is 1. The van der Waals surface area contributed by atoms with E-state index in [4.69, 9.17) is 0 Å². The molecule has 2 saturated carbocycles. The fourth-order valence-corrected chi connectivity index (χ4v) is 3.81. The maximum Gasteiger partial charge on any atom is 0.0342 e. The van der Waals surface area contributed by atoms with Crippen LogP contribution < -0.4 is 5.32 Å². The summed E-state index contributed by atoms with van der Waals surface area (Å²) in [5.41, 5.74) is 3.41. The molecule has 0 radical (unpaired) electrons. The summed E-state index contributed by atoms with van der Waals surface area (Å²) in [4.78, 5) is 0. The average molecular weight is 243 g/mol. The van der Waals surface area contributed by atoms with Crippen LogP contribution in [0.3, 0.4) is 0 Å². The van der Waals surface area contributed by atoms with Crippen LogP contribution in [0.2, 0.25) is 0 Å². The molecule has 0 amide bonds. The third-order valence-electron chi connectivity index (χ3n) is 5.22. The minimum absolute atomic E-state index is 0.654. The molecule has 0 saturated heterocycles. The van der Waals surface area contributed by atoms with Crippen molar-refractivity contribution >= 4 is 5.69 Å². The van der Waals surface area contributed by atoms with Crippen molar-refractivity contribution in [2.24, 2.45) is 5.41 Å². The first-order valence-electron chi connectivity index (χ1n) is 7.68. The van der Waals surface area contributed by atoms with Gasteiger partial charge in [0.1, 0.15) is 0 Å². The van der Waals surface area contributed by atoms with Crippen LogP contribution >= 0.6 is 0 Å². The van der Waals surface area contributed by atoms with Gasteiger partial charge in [-0.05, 0) is 55.2 Å². The molecule has 0 heterocycles. The Balaban J connectivity index is 1.65. The van der Waals surface area contributed by atoms with E-state index >= 15 is 0 Å². The van der Waals surface area contributed by atoms with Crippen molar-refractivity contribution in [3.63, 3.8) is 0 Å². The molecule has 1 nitrogen and oxygen atoms in total. The normalized spacial score (nSPS) is 25.7. The van der Waals surface area contributed by atoms with Crippen LogP contribution in [-0.2, 0) is 6.42 Å². The first kappa shape index (κ1) is 12.1. The lowest BCUT2D eigenvalue weighted by atomic mass is 9.57. The Morgan fingerprint density at radius 3 is 2.33 bits per heavy atom. The molecule has 18 heavy (non-hydrogen) atoms. The van der Waals surface area contributed by atoms with E-state index in [0.29, 0.717) is 5.41 Å². The van der Waals surface area contributed by atoms with E-state index in [1.54, 1.807) is 0 Å². The maximum absolute atomic E-state index is 3.79. The maximum atomic E-state index is 3.79. The molecule has 1 spiro atoms. The van der Waals surface area contributed by atoms with Gasteiger partial charge in [-0.2, -0.15) is 0 Å². The first-order chi connectivity index (χ1) is 8.82. The minimum atomic E-state index is 0.654. The van der Waals surface area contributed by atoms with Gasteiger partial charge in [-0.25, -0.2) is 0 Å². The molecule has 2 aliphatic rings. The van der Waals surface area contributed by atoms with Gasteiger partial charge in [-0.15, -0.1) is 0 Å². The van der Waals surface area contributed by atoms with Crippen LogP contribution in [0.4, 0.5) is 5.69 Å². The summed E-state index contributed by atoms with van der Waals surface area (Å²) in [6, 6.07) is 9.77. The summed E-state index contributed by atoms with van der Waals surface area (Å²) < 4.78 is 0. The highest BCUT2D eigenvalue weighted by atomic mass is 15.0. The van der Waals surface area contributed by atoms with E-state index < -0.39 is 0 Å². The number of rotatable bonds is 3.